The molecule has 0 spiro atoms. The summed E-state index contributed by atoms with van der Waals surface area (Å²) in [7, 11) is 0. The number of ether oxygens (including phenoxy) is 1. The van der Waals surface area contributed by atoms with Crippen molar-refractivity contribution < 1.29 is 4.74 Å². The van der Waals surface area contributed by atoms with Gasteiger partial charge in [-0.2, -0.15) is 0 Å². The molecular formula is C16H26ClNO. The fourth-order valence-electron chi connectivity index (χ4n) is 2.35. The van der Waals surface area contributed by atoms with Gasteiger partial charge in [0.2, 0.25) is 0 Å². The SMILES string of the molecule is CCCNC(c1ccc(Cl)cc1)C(C)(CC)OCC. The molecule has 0 bridgehead atoms. The third kappa shape index (κ3) is 4.48. The van der Waals surface area contributed by atoms with E-state index in [1.165, 1.54) is 5.56 Å². The molecule has 0 saturated heterocycles. The fraction of sp³-hybridized carbons (Fsp3) is 0.625. The van der Waals surface area contributed by atoms with Crippen LogP contribution in [-0.4, -0.2) is 18.8 Å². The molecule has 0 aliphatic carbocycles. The number of halogens is 1. The molecule has 108 valence electrons. The Balaban J connectivity index is 3.01. The summed E-state index contributed by atoms with van der Waals surface area (Å²) < 4.78 is 6.03. The van der Waals surface area contributed by atoms with Crippen LogP contribution in [0.15, 0.2) is 24.3 Å². The molecule has 0 saturated carbocycles. The second kappa shape index (κ2) is 7.88. The summed E-state index contributed by atoms with van der Waals surface area (Å²) in [6.45, 7) is 10.3. The van der Waals surface area contributed by atoms with Gasteiger partial charge in [-0.15, -0.1) is 0 Å². The highest BCUT2D eigenvalue weighted by Crippen LogP contribution is 2.32. The lowest BCUT2D eigenvalue weighted by Crippen LogP contribution is -2.43. The first kappa shape index (κ1) is 16.5. The standard InChI is InChI=1S/C16H26ClNO/c1-5-12-18-15(16(4,6-2)19-7-3)13-8-10-14(17)11-9-13/h8-11,15,18H,5-7,12H2,1-4H3. The van der Waals surface area contributed by atoms with Crippen molar-refractivity contribution in [1.29, 1.82) is 0 Å². The van der Waals surface area contributed by atoms with Crippen LogP contribution in [0.1, 0.15) is 52.1 Å². The van der Waals surface area contributed by atoms with E-state index in [1.54, 1.807) is 0 Å². The Morgan fingerprint density at radius 3 is 2.32 bits per heavy atom. The quantitative estimate of drug-likeness (QED) is 0.754. The molecule has 0 radical (unpaired) electrons. The molecule has 1 aromatic carbocycles. The van der Waals surface area contributed by atoms with E-state index in [-0.39, 0.29) is 11.6 Å². The average molecular weight is 284 g/mol. The summed E-state index contributed by atoms with van der Waals surface area (Å²) in [6.07, 6.45) is 2.07. The van der Waals surface area contributed by atoms with Crippen LogP contribution in [0.3, 0.4) is 0 Å². The van der Waals surface area contributed by atoms with Crippen LogP contribution in [0.5, 0.6) is 0 Å². The zero-order valence-corrected chi connectivity index (χ0v) is 13.3. The molecule has 0 fully saturated rings. The van der Waals surface area contributed by atoms with Gasteiger partial charge in [-0.05, 0) is 50.9 Å². The molecule has 0 heterocycles. The van der Waals surface area contributed by atoms with Gasteiger partial charge >= 0.3 is 0 Å². The Hall–Kier alpha value is -0.570. The highest BCUT2D eigenvalue weighted by atomic mass is 35.5. The summed E-state index contributed by atoms with van der Waals surface area (Å²) in [5, 5.41) is 4.38. The molecule has 2 unspecified atom stereocenters. The number of hydrogen-bond donors (Lipinski definition) is 1. The van der Waals surface area contributed by atoms with Crippen molar-refractivity contribution in [3.63, 3.8) is 0 Å². The van der Waals surface area contributed by atoms with Crippen molar-refractivity contribution >= 4 is 11.6 Å². The molecule has 1 rings (SSSR count). The Morgan fingerprint density at radius 1 is 1.21 bits per heavy atom. The van der Waals surface area contributed by atoms with E-state index in [1.807, 2.05) is 19.1 Å². The molecule has 2 atom stereocenters. The number of nitrogens with one attached hydrogen (secondary N) is 1. The van der Waals surface area contributed by atoms with E-state index in [9.17, 15) is 0 Å². The Morgan fingerprint density at radius 2 is 1.84 bits per heavy atom. The van der Waals surface area contributed by atoms with E-state index in [4.69, 9.17) is 16.3 Å². The molecule has 1 aromatic rings. The van der Waals surface area contributed by atoms with E-state index < -0.39 is 0 Å². The van der Waals surface area contributed by atoms with E-state index >= 15 is 0 Å². The second-order valence-corrected chi connectivity index (χ2v) is 5.47. The van der Waals surface area contributed by atoms with Crippen LogP contribution in [0.25, 0.3) is 0 Å². The number of rotatable bonds is 8. The summed E-state index contributed by atoms with van der Waals surface area (Å²) in [6, 6.07) is 8.25. The van der Waals surface area contributed by atoms with Gasteiger partial charge in [0.25, 0.3) is 0 Å². The maximum atomic E-state index is 6.03. The first-order chi connectivity index (χ1) is 9.07. The van der Waals surface area contributed by atoms with Crippen LogP contribution < -0.4 is 5.32 Å². The van der Waals surface area contributed by atoms with Crippen molar-refractivity contribution in [2.45, 2.75) is 52.2 Å². The van der Waals surface area contributed by atoms with Crippen LogP contribution in [0.2, 0.25) is 5.02 Å². The largest absolute Gasteiger partial charge is 0.374 e. The highest BCUT2D eigenvalue weighted by molar-refractivity contribution is 6.30. The van der Waals surface area contributed by atoms with Gasteiger partial charge < -0.3 is 10.1 Å². The lowest BCUT2D eigenvalue weighted by Gasteiger charge is -2.38. The van der Waals surface area contributed by atoms with Gasteiger partial charge in [-0.3, -0.25) is 0 Å². The van der Waals surface area contributed by atoms with Crippen molar-refractivity contribution in [3.05, 3.63) is 34.9 Å². The molecule has 19 heavy (non-hydrogen) atoms. The molecule has 1 N–H and O–H groups in total. The van der Waals surface area contributed by atoms with Gasteiger partial charge in [0.05, 0.1) is 11.6 Å². The molecule has 0 aliphatic rings. The molecule has 0 aliphatic heterocycles. The lowest BCUT2D eigenvalue weighted by atomic mass is 9.87. The van der Waals surface area contributed by atoms with Crippen LogP contribution in [-0.2, 0) is 4.74 Å². The first-order valence-electron chi connectivity index (χ1n) is 7.20. The number of hydrogen-bond acceptors (Lipinski definition) is 2. The molecule has 3 heteroatoms. The van der Waals surface area contributed by atoms with Gasteiger partial charge in [0, 0.05) is 11.6 Å². The topological polar surface area (TPSA) is 21.3 Å². The predicted molar refractivity (Wildman–Crippen MR) is 82.8 cm³/mol. The lowest BCUT2D eigenvalue weighted by molar-refractivity contribution is -0.0562. The smallest absolute Gasteiger partial charge is 0.0845 e. The summed E-state index contributed by atoms with van der Waals surface area (Å²) in [4.78, 5) is 0. The zero-order valence-electron chi connectivity index (χ0n) is 12.5. The minimum Gasteiger partial charge on any atom is -0.374 e. The fourth-order valence-corrected chi connectivity index (χ4v) is 2.48. The van der Waals surface area contributed by atoms with Gasteiger partial charge in [-0.25, -0.2) is 0 Å². The predicted octanol–water partition coefficient (Wildman–Crippen LogP) is 4.59. The maximum absolute atomic E-state index is 6.03. The van der Waals surface area contributed by atoms with Crippen molar-refractivity contribution in [2.75, 3.05) is 13.2 Å². The average Bonchev–Trinajstić information content (AvgIpc) is 2.41. The van der Waals surface area contributed by atoms with Crippen molar-refractivity contribution in [2.24, 2.45) is 0 Å². The first-order valence-corrected chi connectivity index (χ1v) is 7.58. The Bertz CT molecular complexity index is 366. The minimum absolute atomic E-state index is 0.190. The third-order valence-corrected chi connectivity index (χ3v) is 3.84. The van der Waals surface area contributed by atoms with Gasteiger partial charge in [0.1, 0.15) is 0 Å². The Kier molecular flexibility index (Phi) is 6.84. The molecule has 0 amide bonds. The second-order valence-electron chi connectivity index (χ2n) is 5.04. The van der Waals surface area contributed by atoms with Gasteiger partial charge in [-0.1, -0.05) is 37.6 Å². The maximum Gasteiger partial charge on any atom is 0.0845 e. The van der Waals surface area contributed by atoms with E-state index in [2.05, 4.69) is 38.2 Å². The molecular weight excluding hydrogens is 258 g/mol. The molecule has 2 nitrogen and oxygen atoms in total. The zero-order chi connectivity index (χ0) is 14.3. The van der Waals surface area contributed by atoms with Gasteiger partial charge in [0.15, 0.2) is 0 Å². The number of benzene rings is 1. The minimum atomic E-state index is -0.197. The van der Waals surface area contributed by atoms with E-state index in [0.29, 0.717) is 0 Å². The summed E-state index contributed by atoms with van der Waals surface area (Å²) in [5.41, 5.74) is 1.04. The van der Waals surface area contributed by atoms with Crippen molar-refractivity contribution in [3.8, 4) is 0 Å². The third-order valence-electron chi connectivity index (χ3n) is 3.59. The summed E-state index contributed by atoms with van der Waals surface area (Å²) >= 11 is 5.98. The monoisotopic (exact) mass is 283 g/mol. The van der Waals surface area contributed by atoms with Crippen LogP contribution in [0.4, 0.5) is 0 Å². The summed E-state index contributed by atoms with van der Waals surface area (Å²) in [5.74, 6) is 0. The highest BCUT2D eigenvalue weighted by Gasteiger charge is 2.33. The van der Waals surface area contributed by atoms with Crippen LogP contribution >= 0.6 is 11.6 Å². The van der Waals surface area contributed by atoms with E-state index in [0.717, 1.165) is 31.0 Å². The Labute approximate surface area is 122 Å². The normalized spacial score (nSPS) is 16.1. The van der Waals surface area contributed by atoms with Crippen molar-refractivity contribution in [1.82, 2.24) is 5.32 Å². The van der Waals surface area contributed by atoms with Crippen LogP contribution in [0, 0.1) is 0 Å². The molecule has 0 aromatic heterocycles.